The number of hydrogen-bond donors (Lipinski definition) is 1. The average molecular weight is 327 g/mol. The van der Waals surface area contributed by atoms with E-state index in [4.69, 9.17) is 5.26 Å². The number of hydrogen-bond acceptors (Lipinski definition) is 2. The van der Waals surface area contributed by atoms with E-state index in [1.165, 1.54) is 12.1 Å². The zero-order valence-electron chi connectivity index (χ0n) is 9.35. The molecule has 19 heavy (non-hydrogen) atoms. The van der Waals surface area contributed by atoms with Crippen LogP contribution in [0.4, 0.5) is 24.5 Å². The zero-order chi connectivity index (χ0) is 14.0. The number of benzene rings is 2. The van der Waals surface area contributed by atoms with Crippen molar-refractivity contribution in [2.45, 2.75) is 0 Å². The van der Waals surface area contributed by atoms with E-state index in [1.807, 2.05) is 0 Å². The lowest BCUT2D eigenvalue weighted by Crippen LogP contribution is -2.01. The van der Waals surface area contributed by atoms with Crippen molar-refractivity contribution in [3.8, 4) is 6.07 Å². The van der Waals surface area contributed by atoms with E-state index in [2.05, 4.69) is 21.2 Å². The third-order valence-corrected chi connectivity index (χ3v) is 2.85. The molecule has 6 heteroatoms. The highest BCUT2D eigenvalue weighted by Crippen LogP contribution is 2.28. The Labute approximate surface area is 115 Å². The lowest BCUT2D eigenvalue weighted by Gasteiger charge is -2.11. The van der Waals surface area contributed by atoms with Crippen LogP contribution in [-0.2, 0) is 0 Å². The summed E-state index contributed by atoms with van der Waals surface area (Å²) in [7, 11) is 0. The molecule has 0 saturated carbocycles. The first-order valence-electron chi connectivity index (χ1n) is 5.13. The lowest BCUT2D eigenvalue weighted by atomic mass is 10.1. The molecule has 0 atom stereocenters. The molecule has 0 aliphatic heterocycles. The van der Waals surface area contributed by atoms with Gasteiger partial charge in [0.25, 0.3) is 0 Å². The zero-order valence-corrected chi connectivity index (χ0v) is 10.9. The van der Waals surface area contributed by atoms with Gasteiger partial charge < -0.3 is 5.32 Å². The van der Waals surface area contributed by atoms with Crippen molar-refractivity contribution in [2.75, 3.05) is 5.32 Å². The first-order valence-corrected chi connectivity index (χ1v) is 5.92. The molecule has 2 aromatic rings. The van der Waals surface area contributed by atoms with E-state index >= 15 is 0 Å². The van der Waals surface area contributed by atoms with Gasteiger partial charge in [0.1, 0.15) is 23.1 Å². The summed E-state index contributed by atoms with van der Waals surface area (Å²) in [5.41, 5.74) is -0.739. The normalized spacial score (nSPS) is 10.1. The van der Waals surface area contributed by atoms with Crippen LogP contribution in [-0.4, -0.2) is 0 Å². The van der Waals surface area contributed by atoms with Crippen LogP contribution in [0.25, 0.3) is 0 Å². The topological polar surface area (TPSA) is 35.8 Å². The quantitative estimate of drug-likeness (QED) is 0.883. The molecule has 0 unspecified atom stereocenters. The van der Waals surface area contributed by atoms with Crippen LogP contribution < -0.4 is 5.32 Å². The van der Waals surface area contributed by atoms with Crippen LogP contribution in [0.2, 0.25) is 0 Å². The predicted octanol–water partition coefficient (Wildman–Crippen LogP) is 4.48. The predicted molar refractivity (Wildman–Crippen MR) is 68.5 cm³/mol. The molecule has 96 valence electrons. The number of nitrogens with zero attached hydrogens (tertiary/aromatic N) is 1. The van der Waals surface area contributed by atoms with Gasteiger partial charge in [0.2, 0.25) is 0 Å². The largest absolute Gasteiger partial charge is 0.350 e. The fraction of sp³-hybridized carbons (Fsp3) is 0. The van der Waals surface area contributed by atoms with Crippen LogP contribution >= 0.6 is 15.9 Å². The van der Waals surface area contributed by atoms with Gasteiger partial charge in [-0.15, -0.1) is 0 Å². The monoisotopic (exact) mass is 326 g/mol. The Kier molecular flexibility index (Phi) is 3.76. The molecule has 2 rings (SSSR count). The Bertz CT molecular complexity index is 657. The molecular weight excluding hydrogens is 321 g/mol. The van der Waals surface area contributed by atoms with Gasteiger partial charge in [0.15, 0.2) is 11.6 Å². The molecule has 0 radical (unpaired) electrons. The molecule has 0 amide bonds. The van der Waals surface area contributed by atoms with Crippen LogP contribution in [0.3, 0.4) is 0 Å². The van der Waals surface area contributed by atoms with Gasteiger partial charge in [-0.1, -0.05) is 22.0 Å². The summed E-state index contributed by atoms with van der Waals surface area (Å²) in [6, 6.07) is 7.57. The lowest BCUT2D eigenvalue weighted by molar-refractivity contribution is 0.589. The van der Waals surface area contributed by atoms with Crippen LogP contribution in [0, 0.1) is 28.8 Å². The first-order chi connectivity index (χ1) is 9.02. The van der Waals surface area contributed by atoms with Gasteiger partial charge in [0.05, 0.1) is 5.69 Å². The van der Waals surface area contributed by atoms with Crippen molar-refractivity contribution in [3.05, 3.63) is 57.8 Å². The minimum atomic E-state index is -0.847. The minimum absolute atomic E-state index is 0.00243. The molecule has 2 aromatic carbocycles. The molecule has 0 saturated heterocycles. The second kappa shape index (κ2) is 5.33. The highest BCUT2D eigenvalue weighted by atomic mass is 79.9. The van der Waals surface area contributed by atoms with Crippen molar-refractivity contribution in [1.29, 1.82) is 5.26 Å². The van der Waals surface area contributed by atoms with Crippen LogP contribution in [0.15, 0.2) is 34.8 Å². The molecule has 0 aliphatic rings. The number of rotatable bonds is 2. The van der Waals surface area contributed by atoms with Crippen molar-refractivity contribution < 1.29 is 13.2 Å². The van der Waals surface area contributed by atoms with Gasteiger partial charge in [0, 0.05) is 4.47 Å². The Morgan fingerprint density at radius 3 is 2.26 bits per heavy atom. The van der Waals surface area contributed by atoms with E-state index < -0.39 is 23.1 Å². The maximum atomic E-state index is 13.6. The van der Waals surface area contributed by atoms with Gasteiger partial charge in [-0.3, -0.25) is 0 Å². The van der Waals surface area contributed by atoms with Crippen LogP contribution in [0.5, 0.6) is 0 Å². The Hall–Kier alpha value is -2.00. The van der Waals surface area contributed by atoms with Gasteiger partial charge in [-0.2, -0.15) is 5.26 Å². The molecule has 0 bridgehead atoms. The average Bonchev–Trinajstić information content (AvgIpc) is 2.34. The van der Waals surface area contributed by atoms with Crippen molar-refractivity contribution >= 4 is 27.3 Å². The van der Waals surface area contributed by atoms with E-state index in [-0.39, 0.29) is 15.7 Å². The maximum Gasteiger partial charge on any atom is 0.150 e. The molecule has 0 spiro atoms. The highest BCUT2D eigenvalue weighted by molar-refractivity contribution is 9.10. The second-order valence-electron chi connectivity index (χ2n) is 3.64. The molecule has 2 nitrogen and oxygen atoms in total. The van der Waals surface area contributed by atoms with E-state index in [0.29, 0.717) is 0 Å². The molecule has 1 N–H and O–H groups in total. The Balaban J connectivity index is 2.49. The van der Waals surface area contributed by atoms with Gasteiger partial charge in [-0.05, 0) is 24.3 Å². The number of anilines is 2. The molecule has 0 aliphatic carbocycles. The molecule has 0 fully saturated rings. The van der Waals surface area contributed by atoms with Gasteiger partial charge in [-0.25, -0.2) is 13.2 Å². The van der Waals surface area contributed by atoms with Crippen molar-refractivity contribution in [3.63, 3.8) is 0 Å². The van der Waals surface area contributed by atoms with Crippen molar-refractivity contribution in [1.82, 2.24) is 0 Å². The Morgan fingerprint density at radius 1 is 1.05 bits per heavy atom. The van der Waals surface area contributed by atoms with Crippen LogP contribution in [0.1, 0.15) is 5.56 Å². The Morgan fingerprint density at radius 2 is 1.68 bits per heavy atom. The smallest absolute Gasteiger partial charge is 0.150 e. The summed E-state index contributed by atoms with van der Waals surface area (Å²) in [4.78, 5) is 0. The first kappa shape index (κ1) is 13.4. The summed E-state index contributed by atoms with van der Waals surface area (Å²) in [6.45, 7) is 0. The SMILES string of the molecule is N#Cc1c(F)cccc1Nc1c(F)cc(Br)cc1F. The van der Waals surface area contributed by atoms with E-state index in [0.717, 1.165) is 18.2 Å². The molecule has 0 heterocycles. The standard InChI is InChI=1S/C13H6BrF3N2/c14-7-4-10(16)13(11(17)5-7)19-12-3-1-2-9(15)8(12)6-18/h1-5,19H. The molecular formula is C13H6BrF3N2. The van der Waals surface area contributed by atoms with E-state index in [9.17, 15) is 13.2 Å². The van der Waals surface area contributed by atoms with Gasteiger partial charge >= 0.3 is 0 Å². The number of nitrogens with one attached hydrogen (secondary N) is 1. The fourth-order valence-corrected chi connectivity index (χ4v) is 1.94. The maximum absolute atomic E-state index is 13.6. The number of halogens is 4. The minimum Gasteiger partial charge on any atom is -0.350 e. The summed E-state index contributed by atoms with van der Waals surface area (Å²) < 4.78 is 40.9. The third-order valence-electron chi connectivity index (χ3n) is 2.39. The van der Waals surface area contributed by atoms with Crippen molar-refractivity contribution in [2.24, 2.45) is 0 Å². The molecule has 0 aromatic heterocycles. The summed E-state index contributed by atoms with van der Waals surface area (Å²) >= 11 is 2.95. The van der Waals surface area contributed by atoms with E-state index in [1.54, 1.807) is 6.07 Å². The third kappa shape index (κ3) is 2.71. The highest BCUT2D eigenvalue weighted by Gasteiger charge is 2.14. The number of nitriles is 1. The summed E-state index contributed by atoms with van der Waals surface area (Å²) in [5.74, 6) is -2.45. The fourth-order valence-electron chi connectivity index (χ4n) is 1.54. The second-order valence-corrected chi connectivity index (χ2v) is 4.56. The summed E-state index contributed by atoms with van der Waals surface area (Å²) in [5, 5.41) is 11.2. The summed E-state index contributed by atoms with van der Waals surface area (Å²) in [6.07, 6.45) is 0.